The van der Waals surface area contributed by atoms with E-state index in [0.29, 0.717) is 55.4 Å². The minimum Gasteiger partial charge on any atom is -0.378 e. The summed E-state index contributed by atoms with van der Waals surface area (Å²) in [5.74, 6) is -0.185. The van der Waals surface area contributed by atoms with Gasteiger partial charge in [-0.2, -0.15) is 0 Å². The Bertz CT molecular complexity index is 803. The van der Waals surface area contributed by atoms with E-state index in [-0.39, 0.29) is 18.1 Å². The molecule has 0 spiro atoms. The maximum absolute atomic E-state index is 13.8. The van der Waals surface area contributed by atoms with Gasteiger partial charge in [-0.15, -0.1) is 0 Å². The number of nitrogens with zero attached hydrogens (tertiary/aromatic N) is 3. The zero-order chi connectivity index (χ0) is 21.4. The molecule has 1 aromatic carbocycles. The fourth-order valence-electron chi connectivity index (χ4n) is 5.39. The van der Waals surface area contributed by atoms with E-state index in [0.717, 1.165) is 25.3 Å². The molecule has 3 aliphatic rings. The number of hydrogen-bond acceptors (Lipinski definition) is 4. The topological polar surface area (TPSA) is 57.2 Å². The third-order valence-electron chi connectivity index (χ3n) is 7.11. The maximum Gasteiger partial charge on any atom is 0.317 e. The molecule has 1 heterocycles. The molecule has 3 fully saturated rings. The van der Waals surface area contributed by atoms with Crippen LogP contribution in [0.3, 0.4) is 0 Å². The Morgan fingerprint density at radius 3 is 2.53 bits per heavy atom. The number of benzene rings is 1. The molecule has 0 aromatic heterocycles. The van der Waals surface area contributed by atoms with Crippen molar-refractivity contribution < 1.29 is 18.3 Å². The summed E-state index contributed by atoms with van der Waals surface area (Å²) in [6, 6.07) is 2.73. The number of urea groups is 1. The second-order valence-corrected chi connectivity index (χ2v) is 8.62. The van der Waals surface area contributed by atoms with E-state index in [1.165, 1.54) is 6.07 Å². The Hall–Kier alpha value is -2.22. The van der Waals surface area contributed by atoms with Crippen molar-refractivity contribution in [1.82, 2.24) is 10.2 Å². The average molecular weight is 421 g/mol. The summed E-state index contributed by atoms with van der Waals surface area (Å²) in [6.07, 6.45) is 2.86. The van der Waals surface area contributed by atoms with Gasteiger partial charge in [0.25, 0.3) is 0 Å². The van der Waals surface area contributed by atoms with E-state index >= 15 is 0 Å². The van der Waals surface area contributed by atoms with E-state index < -0.39 is 11.6 Å². The van der Waals surface area contributed by atoms with Gasteiger partial charge in [0.05, 0.1) is 24.6 Å². The molecule has 5 atom stereocenters. The zero-order valence-corrected chi connectivity index (χ0v) is 17.6. The minimum atomic E-state index is -0.911. The lowest BCUT2D eigenvalue weighted by Crippen LogP contribution is -2.50. The molecule has 0 bridgehead atoms. The van der Waals surface area contributed by atoms with Crippen LogP contribution in [0.25, 0.3) is 0 Å². The number of fused-ring (bicyclic) bond motifs is 1. The highest BCUT2D eigenvalue weighted by Crippen LogP contribution is 2.60. The van der Waals surface area contributed by atoms with Gasteiger partial charge in [0, 0.05) is 44.4 Å². The van der Waals surface area contributed by atoms with Crippen molar-refractivity contribution in [3.63, 3.8) is 0 Å². The molecule has 2 amide bonds. The maximum atomic E-state index is 13.8. The number of halogens is 2. The van der Waals surface area contributed by atoms with Crippen molar-refractivity contribution in [1.29, 1.82) is 0 Å². The number of carbonyl (C=O) groups excluding carboxylic acids is 1. The monoisotopic (exact) mass is 420 g/mol. The molecule has 0 radical (unpaired) electrons. The van der Waals surface area contributed by atoms with Gasteiger partial charge >= 0.3 is 6.03 Å². The number of hydrogen-bond donors (Lipinski definition) is 1. The fraction of sp³-hybridized carbons (Fsp3) is 0.636. The van der Waals surface area contributed by atoms with Gasteiger partial charge in [-0.1, -0.05) is 6.92 Å². The van der Waals surface area contributed by atoms with E-state index in [2.05, 4.69) is 24.0 Å². The number of carbonyl (C=O) groups is 1. The third-order valence-corrected chi connectivity index (χ3v) is 7.11. The van der Waals surface area contributed by atoms with Gasteiger partial charge in [0.2, 0.25) is 0 Å². The Morgan fingerprint density at radius 2 is 1.93 bits per heavy atom. The van der Waals surface area contributed by atoms with E-state index in [4.69, 9.17) is 4.74 Å². The minimum absolute atomic E-state index is 0.00674. The lowest BCUT2D eigenvalue weighted by molar-refractivity contribution is 0.0521. The summed E-state index contributed by atoms with van der Waals surface area (Å²) in [5.41, 5.74) is 0.928. The van der Waals surface area contributed by atoms with Gasteiger partial charge < -0.3 is 19.9 Å². The highest BCUT2D eigenvalue weighted by atomic mass is 19.2. The first kappa shape index (κ1) is 21.0. The van der Waals surface area contributed by atoms with Crippen LogP contribution in [-0.2, 0) is 4.74 Å². The van der Waals surface area contributed by atoms with Crippen LogP contribution in [0, 0.1) is 29.4 Å². The number of ether oxygens (including phenoxy) is 1. The average Bonchev–Trinajstić information content (AvgIpc) is 3.24. The van der Waals surface area contributed by atoms with Crippen LogP contribution < -0.4 is 10.2 Å². The Labute approximate surface area is 176 Å². The molecule has 1 N–H and O–H groups in total. The first-order chi connectivity index (χ1) is 14.4. The van der Waals surface area contributed by atoms with Crippen molar-refractivity contribution in [2.24, 2.45) is 22.7 Å². The highest BCUT2D eigenvalue weighted by Gasteiger charge is 2.59. The van der Waals surface area contributed by atoms with Gasteiger partial charge in [-0.3, -0.25) is 4.99 Å². The number of morpholine rings is 1. The van der Waals surface area contributed by atoms with Crippen molar-refractivity contribution in [2.45, 2.75) is 38.3 Å². The molecule has 2 aliphatic carbocycles. The van der Waals surface area contributed by atoms with Gasteiger partial charge in [-0.25, -0.2) is 13.6 Å². The summed E-state index contributed by atoms with van der Waals surface area (Å²) in [4.78, 5) is 20.3. The summed E-state index contributed by atoms with van der Waals surface area (Å²) in [7, 11) is 1.91. The second kappa shape index (κ2) is 8.49. The molecular formula is C22H30F2N4O2. The first-order valence-corrected chi connectivity index (χ1v) is 10.8. The highest BCUT2D eigenvalue weighted by molar-refractivity contribution is 5.74. The van der Waals surface area contributed by atoms with Gasteiger partial charge in [-0.05, 0) is 43.7 Å². The molecule has 1 saturated heterocycles. The molecule has 1 unspecified atom stereocenters. The lowest BCUT2D eigenvalue weighted by Gasteiger charge is -2.32. The van der Waals surface area contributed by atoms with E-state index in [1.807, 2.05) is 16.8 Å². The van der Waals surface area contributed by atoms with Crippen molar-refractivity contribution >= 4 is 24.1 Å². The molecule has 1 aromatic rings. The van der Waals surface area contributed by atoms with Gasteiger partial charge in [0.15, 0.2) is 11.6 Å². The lowest BCUT2D eigenvalue weighted by atomic mass is 9.98. The predicted molar refractivity (Wildman–Crippen MR) is 112 cm³/mol. The van der Waals surface area contributed by atoms with Crippen LogP contribution >= 0.6 is 0 Å². The molecule has 4 rings (SSSR count). The van der Waals surface area contributed by atoms with Crippen LogP contribution in [-0.4, -0.2) is 63.1 Å². The molecule has 1 aliphatic heterocycles. The molecule has 8 heteroatoms. The van der Waals surface area contributed by atoms with Crippen molar-refractivity contribution in [3.8, 4) is 0 Å². The predicted octanol–water partition coefficient (Wildman–Crippen LogP) is 3.58. The van der Waals surface area contributed by atoms with E-state index in [9.17, 15) is 13.6 Å². The largest absolute Gasteiger partial charge is 0.378 e. The number of rotatable bonds is 6. The summed E-state index contributed by atoms with van der Waals surface area (Å²) in [6.45, 7) is 8.08. The Morgan fingerprint density at radius 1 is 1.30 bits per heavy atom. The third kappa shape index (κ3) is 3.89. The molecule has 30 heavy (non-hydrogen) atoms. The standard InChI is InChI=1S/C22H30F2N4O2/c1-4-18(26-22(29)28-5-7-30-8-6-28)21-14-9-13(10-15(14)21)27(3)20-12-17(24)16(23)11-19(20)25-2/h11-15,18,21H,2,4-10H2,1,3H3,(H,26,29)/t13?,14-,15+,18-,21+/m1/s1. The molecule has 2 saturated carbocycles. The molecule has 6 nitrogen and oxygen atoms in total. The Kier molecular flexibility index (Phi) is 5.95. The summed E-state index contributed by atoms with van der Waals surface area (Å²) in [5, 5.41) is 3.24. The van der Waals surface area contributed by atoms with Crippen LogP contribution in [0.5, 0.6) is 0 Å². The van der Waals surface area contributed by atoms with Gasteiger partial charge in [0.1, 0.15) is 0 Å². The van der Waals surface area contributed by atoms with Crippen LogP contribution in [0.15, 0.2) is 17.1 Å². The number of nitrogens with one attached hydrogen (secondary N) is 1. The summed E-state index contributed by atoms with van der Waals surface area (Å²) >= 11 is 0. The molecular weight excluding hydrogens is 390 g/mol. The number of amides is 2. The Balaban J connectivity index is 1.36. The number of aliphatic imine (C=N–C) groups is 1. The van der Waals surface area contributed by atoms with Crippen molar-refractivity contribution in [3.05, 3.63) is 23.8 Å². The first-order valence-electron chi connectivity index (χ1n) is 10.8. The van der Waals surface area contributed by atoms with E-state index in [1.54, 1.807) is 0 Å². The molecule has 164 valence electrons. The SMILES string of the molecule is C=Nc1cc(F)c(F)cc1N(C)C1C[C@@H]2[C@H](C1)[C@H]2[C@@H](CC)NC(=O)N1CCOCC1. The fourth-order valence-corrected chi connectivity index (χ4v) is 5.39. The smallest absolute Gasteiger partial charge is 0.317 e. The van der Waals surface area contributed by atoms with Crippen LogP contribution in [0.4, 0.5) is 25.0 Å². The second-order valence-electron chi connectivity index (χ2n) is 8.62. The van der Waals surface area contributed by atoms with Crippen LogP contribution in [0.2, 0.25) is 0 Å². The van der Waals surface area contributed by atoms with Crippen LogP contribution in [0.1, 0.15) is 26.2 Å². The quantitative estimate of drug-likeness (QED) is 0.716. The summed E-state index contributed by atoms with van der Waals surface area (Å²) < 4.78 is 32.7. The zero-order valence-electron chi connectivity index (χ0n) is 17.6. The number of anilines is 1. The van der Waals surface area contributed by atoms with Crippen molar-refractivity contribution in [2.75, 3.05) is 38.3 Å². The normalized spacial score (nSPS) is 28.6.